The van der Waals surface area contributed by atoms with Crippen molar-refractivity contribution in [1.29, 1.82) is 0 Å². The molecule has 1 saturated heterocycles. The second-order valence-electron chi connectivity index (χ2n) is 9.48. The van der Waals surface area contributed by atoms with Crippen LogP contribution in [-0.4, -0.2) is 14.3 Å². The van der Waals surface area contributed by atoms with Gasteiger partial charge < -0.3 is 0 Å². The highest BCUT2D eigenvalue weighted by atomic mass is 16.2. The summed E-state index contributed by atoms with van der Waals surface area (Å²) in [5.41, 5.74) is 16.6. The van der Waals surface area contributed by atoms with Crippen LogP contribution in [0.4, 0.5) is 0 Å². The number of nitrogens with one attached hydrogen (secondary N) is 4. The van der Waals surface area contributed by atoms with E-state index in [1.54, 1.807) is 4.68 Å². The SMILES string of the molecule is CC/C=C/c1nn(CC2CCCCC2)c(=O)n1Cc1ccc(-c2ccccc2C2NNNN2)cc1. The summed E-state index contributed by atoms with van der Waals surface area (Å²) in [6, 6.07) is 16.8. The van der Waals surface area contributed by atoms with Crippen molar-refractivity contribution in [2.45, 2.75) is 64.7 Å². The Bertz CT molecular complexity index is 1200. The summed E-state index contributed by atoms with van der Waals surface area (Å²) in [5.74, 6) is 1.29. The van der Waals surface area contributed by atoms with Gasteiger partial charge in [-0.05, 0) is 53.5 Å². The Morgan fingerprint density at radius 1 is 1.00 bits per heavy atom. The van der Waals surface area contributed by atoms with Gasteiger partial charge in [0.05, 0.1) is 6.54 Å². The minimum atomic E-state index is -0.0348. The second kappa shape index (κ2) is 11.1. The number of hydrogen-bond acceptors (Lipinski definition) is 6. The molecule has 0 spiro atoms. The van der Waals surface area contributed by atoms with Crippen LogP contribution in [0.2, 0.25) is 0 Å². The summed E-state index contributed by atoms with van der Waals surface area (Å²) in [4.78, 5) is 13.3. The van der Waals surface area contributed by atoms with E-state index in [0.29, 0.717) is 12.5 Å². The van der Waals surface area contributed by atoms with Crippen LogP contribution in [-0.2, 0) is 13.1 Å². The van der Waals surface area contributed by atoms with Gasteiger partial charge in [-0.2, -0.15) is 16.2 Å². The lowest BCUT2D eigenvalue weighted by Crippen LogP contribution is -2.33. The van der Waals surface area contributed by atoms with E-state index in [1.165, 1.54) is 32.1 Å². The highest BCUT2D eigenvalue weighted by Gasteiger charge is 2.20. The van der Waals surface area contributed by atoms with Gasteiger partial charge >= 0.3 is 5.69 Å². The largest absolute Gasteiger partial charge is 0.346 e. The van der Waals surface area contributed by atoms with Gasteiger partial charge in [0.2, 0.25) is 0 Å². The monoisotopic (exact) mass is 473 g/mol. The molecule has 2 heterocycles. The molecular weight excluding hydrogens is 438 g/mol. The number of aromatic nitrogens is 3. The summed E-state index contributed by atoms with van der Waals surface area (Å²) in [6.07, 6.45) is 11.1. The predicted molar refractivity (Wildman–Crippen MR) is 139 cm³/mol. The molecule has 0 bridgehead atoms. The highest BCUT2D eigenvalue weighted by Crippen LogP contribution is 2.28. The van der Waals surface area contributed by atoms with E-state index < -0.39 is 0 Å². The Hall–Kier alpha value is -3.04. The summed E-state index contributed by atoms with van der Waals surface area (Å²) >= 11 is 0. The smallest absolute Gasteiger partial charge is 0.271 e. The topological polar surface area (TPSA) is 87.9 Å². The fourth-order valence-corrected chi connectivity index (χ4v) is 5.08. The highest BCUT2D eigenvalue weighted by molar-refractivity contribution is 5.68. The fraction of sp³-hybridized carbons (Fsp3) is 0.407. The van der Waals surface area contributed by atoms with Crippen molar-refractivity contribution in [3.63, 3.8) is 0 Å². The molecule has 2 aromatic carbocycles. The molecule has 0 amide bonds. The normalized spacial score (nSPS) is 17.5. The maximum atomic E-state index is 13.3. The van der Waals surface area contributed by atoms with E-state index in [-0.39, 0.29) is 11.9 Å². The predicted octanol–water partition coefficient (Wildman–Crippen LogP) is 3.88. The Morgan fingerprint density at radius 2 is 1.74 bits per heavy atom. The van der Waals surface area contributed by atoms with Crippen LogP contribution in [0, 0.1) is 5.92 Å². The van der Waals surface area contributed by atoms with Crippen LogP contribution in [0.15, 0.2) is 59.4 Å². The molecular formula is C27H35N7O. The quantitative estimate of drug-likeness (QED) is 0.397. The van der Waals surface area contributed by atoms with Gasteiger partial charge in [-0.25, -0.2) is 20.3 Å². The first-order valence-electron chi connectivity index (χ1n) is 12.8. The summed E-state index contributed by atoms with van der Waals surface area (Å²) in [6.45, 7) is 3.33. The van der Waals surface area contributed by atoms with Crippen molar-refractivity contribution in [3.8, 4) is 11.1 Å². The molecule has 8 heteroatoms. The first kappa shape index (κ1) is 23.7. The van der Waals surface area contributed by atoms with Gasteiger partial charge in [0, 0.05) is 6.54 Å². The molecule has 2 fully saturated rings. The van der Waals surface area contributed by atoms with Gasteiger partial charge in [-0.1, -0.05) is 80.8 Å². The third kappa shape index (κ3) is 5.46. The first-order chi connectivity index (χ1) is 17.2. The van der Waals surface area contributed by atoms with Crippen LogP contribution < -0.4 is 27.6 Å². The molecule has 0 radical (unpaired) electrons. The van der Waals surface area contributed by atoms with Gasteiger partial charge in [-0.3, -0.25) is 4.57 Å². The van der Waals surface area contributed by atoms with Crippen molar-refractivity contribution in [2.75, 3.05) is 0 Å². The van der Waals surface area contributed by atoms with Gasteiger partial charge in [0.1, 0.15) is 6.17 Å². The van der Waals surface area contributed by atoms with Gasteiger partial charge in [-0.15, -0.1) is 0 Å². The fourth-order valence-electron chi connectivity index (χ4n) is 5.08. The van der Waals surface area contributed by atoms with Crippen LogP contribution in [0.5, 0.6) is 0 Å². The molecule has 8 nitrogen and oxygen atoms in total. The minimum absolute atomic E-state index is 0.0147. The average Bonchev–Trinajstić information content (AvgIpc) is 3.54. The number of nitrogens with zero attached hydrogens (tertiary/aromatic N) is 3. The average molecular weight is 474 g/mol. The summed E-state index contributed by atoms with van der Waals surface area (Å²) in [7, 11) is 0. The lowest BCUT2D eigenvalue weighted by atomic mass is 9.89. The molecule has 4 N–H and O–H groups in total. The number of allylic oxidation sites excluding steroid dienone is 1. The molecule has 1 aromatic heterocycles. The van der Waals surface area contributed by atoms with Crippen LogP contribution in [0.3, 0.4) is 0 Å². The number of hydrazine groups is 3. The maximum Gasteiger partial charge on any atom is 0.346 e. The Kier molecular flexibility index (Phi) is 7.54. The van der Waals surface area contributed by atoms with E-state index in [0.717, 1.165) is 41.0 Å². The van der Waals surface area contributed by atoms with Crippen molar-refractivity contribution >= 4 is 6.08 Å². The first-order valence-corrected chi connectivity index (χ1v) is 12.8. The Morgan fingerprint density at radius 3 is 2.49 bits per heavy atom. The van der Waals surface area contributed by atoms with Crippen LogP contribution in [0.1, 0.15) is 68.6 Å². The molecule has 1 aliphatic heterocycles. The lowest BCUT2D eigenvalue weighted by molar-refractivity contribution is 0.303. The molecule has 1 aliphatic carbocycles. The summed E-state index contributed by atoms with van der Waals surface area (Å²) in [5, 5.41) is 4.71. The van der Waals surface area contributed by atoms with E-state index in [4.69, 9.17) is 5.10 Å². The van der Waals surface area contributed by atoms with Crippen LogP contribution >= 0.6 is 0 Å². The van der Waals surface area contributed by atoms with E-state index in [1.807, 2.05) is 16.7 Å². The zero-order valence-corrected chi connectivity index (χ0v) is 20.3. The third-order valence-electron chi connectivity index (χ3n) is 6.98. The van der Waals surface area contributed by atoms with Crippen molar-refractivity contribution < 1.29 is 0 Å². The second-order valence-corrected chi connectivity index (χ2v) is 9.48. The Labute approximate surface area is 206 Å². The molecule has 2 aliphatic rings. The molecule has 1 saturated carbocycles. The number of rotatable bonds is 8. The van der Waals surface area contributed by atoms with Gasteiger partial charge in [0.25, 0.3) is 0 Å². The van der Waals surface area contributed by atoms with E-state index in [2.05, 4.69) is 77.4 Å². The summed E-state index contributed by atoms with van der Waals surface area (Å²) < 4.78 is 3.50. The Balaban J connectivity index is 1.38. The van der Waals surface area contributed by atoms with Crippen molar-refractivity contribution in [1.82, 2.24) is 36.3 Å². The molecule has 0 atom stereocenters. The molecule has 35 heavy (non-hydrogen) atoms. The molecule has 184 valence electrons. The zero-order valence-electron chi connectivity index (χ0n) is 20.3. The van der Waals surface area contributed by atoms with E-state index in [9.17, 15) is 4.79 Å². The van der Waals surface area contributed by atoms with Crippen molar-refractivity contribution in [3.05, 3.63) is 82.0 Å². The maximum absolute atomic E-state index is 13.3. The minimum Gasteiger partial charge on any atom is -0.271 e. The van der Waals surface area contributed by atoms with Crippen molar-refractivity contribution in [2.24, 2.45) is 5.92 Å². The molecule has 5 rings (SSSR count). The van der Waals surface area contributed by atoms with Crippen LogP contribution in [0.25, 0.3) is 17.2 Å². The standard InChI is InChI=1S/C27H35N7O/c1-2-3-13-25-30-34(19-20-9-5-4-6-10-20)27(35)33(25)18-21-14-16-22(17-15-21)23-11-7-8-12-24(23)26-28-31-32-29-26/h3,7-8,11-17,20,26,28-29,31-32H,2,4-6,9-10,18-19H2,1H3/b13-3+. The molecule has 0 unspecified atom stereocenters. The van der Waals surface area contributed by atoms with E-state index >= 15 is 0 Å². The zero-order chi connectivity index (χ0) is 24.0. The third-order valence-corrected chi connectivity index (χ3v) is 6.98. The number of benzene rings is 2. The van der Waals surface area contributed by atoms with Gasteiger partial charge in [0.15, 0.2) is 5.82 Å². The molecule has 3 aromatic rings. The number of hydrogen-bond donors (Lipinski definition) is 4. The lowest BCUT2D eigenvalue weighted by Gasteiger charge is -2.20.